The summed E-state index contributed by atoms with van der Waals surface area (Å²) < 4.78 is 5.78. The van der Waals surface area contributed by atoms with E-state index >= 15 is 0 Å². The normalized spacial score (nSPS) is 10.6. The van der Waals surface area contributed by atoms with Crippen LogP contribution >= 0.6 is 11.3 Å². The SMILES string of the molecule is Cc1cc(COc2ccc(C(=O)NCCc3n[nH]c(=O)s3)cc2)cc(C)n1. The number of nitrogens with one attached hydrogen (secondary N) is 2. The van der Waals surface area contributed by atoms with Gasteiger partial charge < -0.3 is 10.1 Å². The number of H-pyrrole nitrogens is 1. The van der Waals surface area contributed by atoms with E-state index < -0.39 is 0 Å². The first-order chi connectivity index (χ1) is 13.0. The molecule has 0 fully saturated rings. The average molecular weight is 384 g/mol. The van der Waals surface area contributed by atoms with Crippen molar-refractivity contribution in [2.75, 3.05) is 6.54 Å². The highest BCUT2D eigenvalue weighted by molar-refractivity contribution is 7.08. The summed E-state index contributed by atoms with van der Waals surface area (Å²) >= 11 is 1.05. The molecule has 3 aromatic rings. The Kier molecular flexibility index (Phi) is 5.97. The van der Waals surface area contributed by atoms with Gasteiger partial charge in [0.25, 0.3) is 5.91 Å². The van der Waals surface area contributed by atoms with E-state index in [1.165, 1.54) is 0 Å². The number of pyridine rings is 1. The lowest BCUT2D eigenvalue weighted by molar-refractivity contribution is 0.0954. The molecule has 0 aliphatic rings. The molecule has 0 saturated carbocycles. The molecule has 1 aromatic carbocycles. The molecular formula is C19H20N4O3S. The summed E-state index contributed by atoms with van der Waals surface area (Å²) in [4.78, 5) is 27.3. The maximum absolute atomic E-state index is 12.2. The maximum atomic E-state index is 12.2. The zero-order valence-corrected chi connectivity index (χ0v) is 15.9. The lowest BCUT2D eigenvalue weighted by atomic mass is 10.2. The molecule has 140 valence electrons. The van der Waals surface area contributed by atoms with E-state index in [0.29, 0.717) is 35.9 Å². The number of aromatic amines is 1. The first kappa shape index (κ1) is 18.8. The third-order valence-electron chi connectivity index (χ3n) is 3.77. The van der Waals surface area contributed by atoms with Gasteiger partial charge >= 0.3 is 4.87 Å². The number of rotatable bonds is 7. The van der Waals surface area contributed by atoms with Crippen molar-refractivity contribution in [3.05, 3.63) is 73.6 Å². The van der Waals surface area contributed by atoms with Crippen LogP contribution in [0.1, 0.15) is 32.3 Å². The van der Waals surface area contributed by atoms with Gasteiger partial charge in [0.1, 0.15) is 17.4 Å². The van der Waals surface area contributed by atoms with Crippen LogP contribution in [-0.2, 0) is 13.0 Å². The van der Waals surface area contributed by atoms with Crippen LogP contribution < -0.4 is 14.9 Å². The monoisotopic (exact) mass is 384 g/mol. The van der Waals surface area contributed by atoms with Crippen LogP contribution in [0.2, 0.25) is 0 Å². The van der Waals surface area contributed by atoms with Gasteiger partial charge in [0.05, 0.1) is 0 Å². The van der Waals surface area contributed by atoms with E-state index in [1.807, 2.05) is 26.0 Å². The predicted octanol–water partition coefficient (Wildman–Crippen LogP) is 2.39. The molecular weight excluding hydrogens is 364 g/mol. The van der Waals surface area contributed by atoms with Gasteiger partial charge in [-0.3, -0.25) is 14.6 Å². The summed E-state index contributed by atoms with van der Waals surface area (Å²) in [5, 5.41) is 9.70. The molecule has 0 unspecified atom stereocenters. The van der Waals surface area contributed by atoms with Gasteiger partial charge in [0.2, 0.25) is 0 Å². The van der Waals surface area contributed by atoms with Crippen LogP contribution in [-0.4, -0.2) is 27.6 Å². The molecule has 0 atom stereocenters. The number of ether oxygens (including phenoxy) is 1. The first-order valence-corrected chi connectivity index (χ1v) is 9.31. The number of hydrogen-bond donors (Lipinski definition) is 2. The Balaban J connectivity index is 1.50. The summed E-state index contributed by atoms with van der Waals surface area (Å²) in [6.45, 7) is 4.77. The summed E-state index contributed by atoms with van der Waals surface area (Å²) in [6, 6.07) is 11.0. The second kappa shape index (κ2) is 8.59. The van der Waals surface area contributed by atoms with E-state index in [-0.39, 0.29) is 10.8 Å². The fourth-order valence-electron chi connectivity index (χ4n) is 2.63. The van der Waals surface area contributed by atoms with Gasteiger partial charge in [-0.2, -0.15) is 5.10 Å². The summed E-state index contributed by atoms with van der Waals surface area (Å²) in [7, 11) is 0. The van der Waals surface area contributed by atoms with Crippen molar-refractivity contribution in [2.24, 2.45) is 0 Å². The molecule has 2 N–H and O–H groups in total. The molecule has 3 rings (SSSR count). The van der Waals surface area contributed by atoms with E-state index in [9.17, 15) is 9.59 Å². The molecule has 8 heteroatoms. The molecule has 2 aromatic heterocycles. The van der Waals surface area contributed by atoms with Crippen molar-refractivity contribution >= 4 is 17.2 Å². The fraction of sp³-hybridized carbons (Fsp3) is 0.263. The van der Waals surface area contributed by atoms with Crippen LogP contribution in [0.15, 0.2) is 41.2 Å². The van der Waals surface area contributed by atoms with Gasteiger partial charge in [-0.05, 0) is 55.8 Å². The third kappa shape index (κ3) is 5.49. The quantitative estimate of drug-likeness (QED) is 0.652. The Labute approximate surface area is 160 Å². The smallest absolute Gasteiger partial charge is 0.322 e. The highest BCUT2D eigenvalue weighted by Crippen LogP contribution is 2.15. The summed E-state index contributed by atoms with van der Waals surface area (Å²) in [5.74, 6) is 0.518. The van der Waals surface area contributed by atoms with Crippen LogP contribution in [0, 0.1) is 13.8 Å². The van der Waals surface area contributed by atoms with E-state index in [4.69, 9.17) is 4.74 Å². The largest absolute Gasteiger partial charge is 0.489 e. The second-order valence-electron chi connectivity index (χ2n) is 6.08. The molecule has 1 amide bonds. The standard InChI is InChI=1S/C19H20N4O3S/c1-12-9-14(10-13(2)21-12)11-26-16-5-3-15(4-6-16)18(24)20-8-7-17-22-23-19(25)27-17/h3-6,9-10H,7-8,11H2,1-2H3,(H,20,24)(H,23,25). The predicted molar refractivity (Wildman–Crippen MR) is 103 cm³/mol. The minimum atomic E-state index is -0.191. The first-order valence-electron chi connectivity index (χ1n) is 8.49. The van der Waals surface area contributed by atoms with Gasteiger partial charge in [-0.1, -0.05) is 11.3 Å². The highest BCUT2D eigenvalue weighted by atomic mass is 32.1. The molecule has 27 heavy (non-hydrogen) atoms. The Morgan fingerprint density at radius 2 is 1.89 bits per heavy atom. The number of aromatic nitrogens is 3. The third-order valence-corrected chi connectivity index (χ3v) is 4.58. The average Bonchev–Trinajstić information content (AvgIpc) is 3.05. The number of carbonyl (C=O) groups is 1. The molecule has 7 nitrogen and oxygen atoms in total. The molecule has 0 saturated heterocycles. The van der Waals surface area contributed by atoms with Crippen molar-refractivity contribution in [3.63, 3.8) is 0 Å². The number of nitrogens with zero attached hydrogens (tertiary/aromatic N) is 2. The number of hydrogen-bond acceptors (Lipinski definition) is 6. The number of amides is 1. The molecule has 0 radical (unpaired) electrons. The Morgan fingerprint density at radius 1 is 1.19 bits per heavy atom. The topological polar surface area (TPSA) is 97.0 Å². The number of benzene rings is 1. The van der Waals surface area contributed by atoms with Gasteiger partial charge in [-0.25, -0.2) is 5.10 Å². The molecule has 2 heterocycles. The van der Waals surface area contributed by atoms with Crippen molar-refractivity contribution in [3.8, 4) is 5.75 Å². The van der Waals surface area contributed by atoms with Gasteiger partial charge in [0, 0.05) is 29.9 Å². The second-order valence-corrected chi connectivity index (χ2v) is 7.13. The zero-order valence-electron chi connectivity index (χ0n) is 15.1. The number of aryl methyl sites for hydroxylation is 2. The minimum Gasteiger partial charge on any atom is -0.489 e. The van der Waals surface area contributed by atoms with E-state index in [0.717, 1.165) is 28.3 Å². The molecule has 0 aliphatic heterocycles. The summed E-state index contributed by atoms with van der Waals surface area (Å²) in [5.41, 5.74) is 3.53. The van der Waals surface area contributed by atoms with E-state index in [1.54, 1.807) is 24.3 Å². The minimum absolute atomic E-state index is 0.176. The van der Waals surface area contributed by atoms with Crippen LogP contribution in [0.4, 0.5) is 0 Å². The van der Waals surface area contributed by atoms with Crippen molar-refractivity contribution in [1.29, 1.82) is 0 Å². The van der Waals surface area contributed by atoms with Crippen LogP contribution in [0.3, 0.4) is 0 Å². The Bertz CT molecular complexity index is 959. The van der Waals surface area contributed by atoms with Gasteiger partial charge in [0.15, 0.2) is 0 Å². The van der Waals surface area contributed by atoms with Crippen molar-refractivity contribution in [2.45, 2.75) is 26.9 Å². The van der Waals surface area contributed by atoms with E-state index in [2.05, 4.69) is 20.5 Å². The maximum Gasteiger partial charge on any atom is 0.322 e. The Morgan fingerprint density at radius 3 is 2.52 bits per heavy atom. The highest BCUT2D eigenvalue weighted by Gasteiger charge is 2.07. The number of carbonyl (C=O) groups excluding carboxylic acids is 1. The van der Waals surface area contributed by atoms with Crippen LogP contribution in [0.25, 0.3) is 0 Å². The van der Waals surface area contributed by atoms with Crippen LogP contribution in [0.5, 0.6) is 5.75 Å². The zero-order chi connectivity index (χ0) is 19.2. The summed E-state index contributed by atoms with van der Waals surface area (Å²) in [6.07, 6.45) is 0.515. The lowest BCUT2D eigenvalue weighted by Gasteiger charge is -2.09. The van der Waals surface area contributed by atoms with Crippen molar-refractivity contribution in [1.82, 2.24) is 20.5 Å². The van der Waals surface area contributed by atoms with Gasteiger partial charge in [-0.15, -0.1) is 0 Å². The molecule has 0 aliphatic carbocycles. The molecule has 0 spiro atoms. The lowest BCUT2D eigenvalue weighted by Crippen LogP contribution is -2.25. The van der Waals surface area contributed by atoms with Crippen molar-refractivity contribution < 1.29 is 9.53 Å². The Hall–Kier alpha value is -3.00. The molecule has 0 bridgehead atoms. The fourth-order valence-corrected chi connectivity index (χ4v) is 3.23.